The summed E-state index contributed by atoms with van der Waals surface area (Å²) in [5.41, 5.74) is -4.16. The van der Waals surface area contributed by atoms with E-state index in [9.17, 15) is 26.3 Å². The zero-order chi connectivity index (χ0) is 12.3. The van der Waals surface area contributed by atoms with Crippen molar-refractivity contribution in [3.8, 4) is 0 Å². The van der Waals surface area contributed by atoms with E-state index in [1.807, 2.05) is 0 Å². The van der Waals surface area contributed by atoms with Gasteiger partial charge in [-0.3, -0.25) is 0 Å². The van der Waals surface area contributed by atoms with Crippen molar-refractivity contribution < 1.29 is 35.8 Å². The molecule has 0 aliphatic heterocycles. The molecule has 0 spiro atoms. The molecule has 2 nitrogen and oxygen atoms in total. The first-order chi connectivity index (χ1) is 6.62. The molecule has 0 radical (unpaired) electrons. The van der Waals surface area contributed by atoms with Gasteiger partial charge in [0.2, 0.25) is 0 Å². The van der Waals surface area contributed by atoms with E-state index in [0.717, 1.165) is 14.0 Å². The van der Waals surface area contributed by atoms with Crippen LogP contribution in [0.1, 0.15) is 13.3 Å². The Bertz CT molecular complexity index is 183. The Labute approximate surface area is 82.1 Å². The zero-order valence-electron chi connectivity index (χ0n) is 8.00. The highest BCUT2D eigenvalue weighted by molar-refractivity contribution is 4.94. The van der Waals surface area contributed by atoms with E-state index in [0.29, 0.717) is 0 Å². The van der Waals surface area contributed by atoms with Gasteiger partial charge in [-0.25, -0.2) is 0 Å². The Morgan fingerprint density at radius 3 is 1.53 bits per heavy atom. The predicted octanol–water partition coefficient (Wildman–Crippen LogP) is 2.88. The topological polar surface area (TPSA) is 18.5 Å². The van der Waals surface area contributed by atoms with Gasteiger partial charge in [0, 0.05) is 7.11 Å². The molecular weight excluding hydrogens is 230 g/mol. The predicted molar refractivity (Wildman–Crippen MR) is 38.1 cm³/mol. The lowest BCUT2D eigenvalue weighted by Gasteiger charge is -2.35. The average Bonchev–Trinajstić information content (AvgIpc) is 2.01. The van der Waals surface area contributed by atoms with Crippen LogP contribution in [-0.4, -0.2) is 31.9 Å². The maximum atomic E-state index is 12.3. The minimum atomic E-state index is -5.53. The summed E-state index contributed by atoms with van der Waals surface area (Å²) in [6.45, 7) is -0.330. The summed E-state index contributed by atoms with van der Waals surface area (Å²) in [6, 6.07) is 0. The van der Waals surface area contributed by atoms with E-state index in [1.54, 1.807) is 0 Å². The molecule has 0 N–H and O–H groups in total. The van der Waals surface area contributed by atoms with Crippen LogP contribution in [-0.2, 0) is 9.47 Å². The second-order valence-corrected chi connectivity index (χ2v) is 2.73. The normalized spacial score (nSPS) is 14.4. The lowest BCUT2D eigenvalue weighted by atomic mass is 9.99. The lowest BCUT2D eigenvalue weighted by molar-refractivity contribution is -0.392. The van der Waals surface area contributed by atoms with E-state index >= 15 is 0 Å². The molecule has 0 saturated heterocycles. The third kappa shape index (κ3) is 2.75. The highest BCUT2D eigenvalue weighted by atomic mass is 19.4. The van der Waals surface area contributed by atoms with Gasteiger partial charge in [0.05, 0.1) is 0 Å². The Balaban J connectivity index is 5.13. The minimum Gasteiger partial charge on any atom is -0.359 e. The summed E-state index contributed by atoms with van der Waals surface area (Å²) in [5.74, 6) is 0. The molecule has 8 heteroatoms. The summed E-state index contributed by atoms with van der Waals surface area (Å²) < 4.78 is 81.6. The monoisotopic (exact) mass is 240 g/mol. The Morgan fingerprint density at radius 1 is 0.933 bits per heavy atom. The summed E-state index contributed by atoms with van der Waals surface area (Å²) in [7, 11) is 0.938. The fraction of sp³-hybridized carbons (Fsp3) is 1.00. The van der Waals surface area contributed by atoms with Gasteiger partial charge in [0.25, 0.3) is 5.60 Å². The molecule has 0 amide bonds. The van der Waals surface area contributed by atoms with Gasteiger partial charge in [-0.2, -0.15) is 26.3 Å². The van der Waals surface area contributed by atoms with Gasteiger partial charge >= 0.3 is 12.4 Å². The summed E-state index contributed by atoms with van der Waals surface area (Å²) in [5, 5.41) is 0. The van der Waals surface area contributed by atoms with Crippen molar-refractivity contribution in [3.63, 3.8) is 0 Å². The molecule has 0 saturated carbocycles. The van der Waals surface area contributed by atoms with Gasteiger partial charge in [-0.1, -0.05) is 6.92 Å². The number of halogens is 6. The van der Waals surface area contributed by atoms with Crippen LogP contribution in [0, 0.1) is 0 Å². The summed E-state index contributed by atoms with van der Waals surface area (Å²) >= 11 is 0. The van der Waals surface area contributed by atoms with Crippen molar-refractivity contribution in [1.82, 2.24) is 0 Å². The first kappa shape index (κ1) is 14.5. The lowest BCUT2D eigenvalue weighted by Crippen LogP contribution is -2.58. The molecule has 0 atom stereocenters. The van der Waals surface area contributed by atoms with E-state index in [2.05, 4.69) is 9.47 Å². The zero-order valence-corrected chi connectivity index (χ0v) is 8.00. The third-order valence-electron chi connectivity index (χ3n) is 1.84. The smallest absolute Gasteiger partial charge is 0.359 e. The molecule has 92 valence electrons. The van der Waals surface area contributed by atoms with Crippen LogP contribution in [0.2, 0.25) is 0 Å². The van der Waals surface area contributed by atoms with Crippen molar-refractivity contribution in [3.05, 3.63) is 0 Å². The number of alkyl halides is 6. The van der Waals surface area contributed by atoms with Gasteiger partial charge < -0.3 is 9.47 Å². The summed E-state index contributed by atoms with van der Waals surface area (Å²) in [6.07, 6.45) is -12.3. The second-order valence-electron chi connectivity index (χ2n) is 2.73. The first-order valence-corrected chi connectivity index (χ1v) is 3.88. The number of hydrogen-bond acceptors (Lipinski definition) is 2. The van der Waals surface area contributed by atoms with Crippen molar-refractivity contribution in [2.45, 2.75) is 31.3 Å². The number of methoxy groups -OCH3 is 1. The fourth-order valence-electron chi connectivity index (χ4n) is 0.987. The van der Waals surface area contributed by atoms with Crippen molar-refractivity contribution >= 4 is 0 Å². The molecule has 0 unspecified atom stereocenters. The Morgan fingerprint density at radius 2 is 1.33 bits per heavy atom. The molecule has 0 aromatic heterocycles. The quantitative estimate of drug-likeness (QED) is 0.555. The highest BCUT2D eigenvalue weighted by Gasteiger charge is 2.71. The van der Waals surface area contributed by atoms with Crippen LogP contribution < -0.4 is 0 Å². The van der Waals surface area contributed by atoms with Crippen molar-refractivity contribution in [1.29, 1.82) is 0 Å². The molecule has 0 fully saturated rings. The maximum Gasteiger partial charge on any atom is 0.426 e. The Kier molecular flexibility index (Phi) is 4.41. The molecule has 15 heavy (non-hydrogen) atoms. The van der Waals surface area contributed by atoms with Crippen LogP contribution >= 0.6 is 0 Å². The van der Waals surface area contributed by atoms with Crippen LogP contribution in [0.4, 0.5) is 26.3 Å². The first-order valence-electron chi connectivity index (χ1n) is 3.88. The molecule has 0 aromatic carbocycles. The Hall–Kier alpha value is -0.500. The molecule has 0 aliphatic rings. The summed E-state index contributed by atoms with van der Waals surface area (Å²) in [4.78, 5) is 0. The average molecular weight is 240 g/mol. The number of rotatable bonds is 4. The standard InChI is InChI=1S/C7H10F6O2/c1-3-5(6(8,9)10,7(11,12)13)15-4-14-2/h3-4H2,1-2H3. The van der Waals surface area contributed by atoms with Gasteiger partial charge in [0.1, 0.15) is 6.79 Å². The van der Waals surface area contributed by atoms with E-state index in [-0.39, 0.29) is 0 Å². The largest absolute Gasteiger partial charge is 0.426 e. The van der Waals surface area contributed by atoms with E-state index in [1.165, 1.54) is 0 Å². The third-order valence-corrected chi connectivity index (χ3v) is 1.84. The molecular formula is C7H10F6O2. The number of hydrogen-bond donors (Lipinski definition) is 0. The van der Waals surface area contributed by atoms with Crippen LogP contribution in [0.3, 0.4) is 0 Å². The second kappa shape index (κ2) is 4.56. The van der Waals surface area contributed by atoms with Crippen LogP contribution in [0.25, 0.3) is 0 Å². The SMILES string of the molecule is CCC(OCOC)(C(F)(F)F)C(F)(F)F. The molecule has 0 aromatic rings. The van der Waals surface area contributed by atoms with E-state index < -0.39 is 31.2 Å². The fourth-order valence-corrected chi connectivity index (χ4v) is 0.987. The van der Waals surface area contributed by atoms with E-state index in [4.69, 9.17) is 0 Å². The van der Waals surface area contributed by atoms with Gasteiger partial charge in [-0.15, -0.1) is 0 Å². The van der Waals surface area contributed by atoms with Crippen LogP contribution in [0.5, 0.6) is 0 Å². The van der Waals surface area contributed by atoms with Crippen molar-refractivity contribution in [2.75, 3.05) is 13.9 Å². The van der Waals surface area contributed by atoms with Gasteiger partial charge in [-0.05, 0) is 6.42 Å². The molecule has 0 bridgehead atoms. The van der Waals surface area contributed by atoms with Crippen molar-refractivity contribution in [2.24, 2.45) is 0 Å². The molecule has 0 aliphatic carbocycles. The number of ether oxygens (including phenoxy) is 2. The van der Waals surface area contributed by atoms with Crippen LogP contribution in [0.15, 0.2) is 0 Å². The molecule has 0 heterocycles. The van der Waals surface area contributed by atoms with Gasteiger partial charge in [0.15, 0.2) is 0 Å². The maximum absolute atomic E-state index is 12.3. The highest BCUT2D eigenvalue weighted by Crippen LogP contribution is 2.47. The molecule has 0 rings (SSSR count). The minimum absolute atomic E-state index is 0.747.